The second-order valence-electron chi connectivity index (χ2n) is 6.94. The Balaban J connectivity index is 2.25. The van der Waals surface area contributed by atoms with Gasteiger partial charge in [-0.1, -0.05) is 26.3 Å². The fraction of sp³-hybridized carbons (Fsp3) is 0.812. The number of fused-ring (bicyclic) bond motifs is 1. The lowest BCUT2D eigenvalue weighted by Gasteiger charge is -2.51. The lowest BCUT2D eigenvalue weighted by Crippen LogP contribution is -2.42. The lowest BCUT2D eigenvalue weighted by molar-refractivity contribution is -0.132. The fourth-order valence-electron chi connectivity index (χ4n) is 4.00. The molecule has 1 N–H and O–H groups in total. The van der Waals surface area contributed by atoms with Crippen molar-refractivity contribution in [2.75, 3.05) is 0 Å². The molecule has 102 valence electrons. The van der Waals surface area contributed by atoms with Crippen LogP contribution in [0, 0.1) is 23.2 Å². The summed E-state index contributed by atoms with van der Waals surface area (Å²) in [5, 5.41) is 9.15. The van der Waals surface area contributed by atoms with Crippen LogP contribution < -0.4 is 0 Å². The molecule has 2 aliphatic rings. The molecule has 2 rings (SSSR count). The van der Waals surface area contributed by atoms with Crippen molar-refractivity contribution in [2.24, 2.45) is 23.2 Å². The summed E-state index contributed by atoms with van der Waals surface area (Å²) in [4.78, 5) is 11.1. The third-order valence-electron chi connectivity index (χ3n) is 5.90. The Morgan fingerprint density at radius 3 is 2.56 bits per heavy atom. The van der Waals surface area contributed by atoms with Gasteiger partial charge < -0.3 is 5.11 Å². The van der Waals surface area contributed by atoms with Gasteiger partial charge in [0.1, 0.15) is 0 Å². The van der Waals surface area contributed by atoms with Gasteiger partial charge in [0.15, 0.2) is 0 Å². The first kappa shape index (κ1) is 13.6. The van der Waals surface area contributed by atoms with Gasteiger partial charge in [-0.2, -0.15) is 0 Å². The topological polar surface area (TPSA) is 37.3 Å². The van der Waals surface area contributed by atoms with E-state index in [2.05, 4.69) is 20.8 Å². The first-order valence-electron chi connectivity index (χ1n) is 7.26. The highest BCUT2D eigenvalue weighted by Gasteiger charge is 2.45. The molecule has 0 aromatic rings. The van der Waals surface area contributed by atoms with E-state index in [1.807, 2.05) is 0 Å². The average molecular weight is 250 g/mol. The highest BCUT2D eigenvalue weighted by molar-refractivity contribution is 5.86. The Hall–Kier alpha value is -0.790. The molecule has 2 unspecified atom stereocenters. The summed E-state index contributed by atoms with van der Waals surface area (Å²) in [6, 6.07) is 0. The van der Waals surface area contributed by atoms with Crippen LogP contribution in [0.4, 0.5) is 0 Å². The highest BCUT2D eigenvalue weighted by atomic mass is 16.4. The van der Waals surface area contributed by atoms with Gasteiger partial charge in [0.2, 0.25) is 0 Å². The van der Waals surface area contributed by atoms with Crippen LogP contribution in [-0.2, 0) is 4.79 Å². The van der Waals surface area contributed by atoms with E-state index in [-0.39, 0.29) is 0 Å². The predicted octanol–water partition coefficient (Wildman–Crippen LogP) is 4.26. The van der Waals surface area contributed by atoms with E-state index in [1.54, 1.807) is 6.92 Å². The van der Waals surface area contributed by atoms with Gasteiger partial charge in [-0.25, -0.2) is 4.79 Å². The Bertz CT molecular complexity index is 379. The molecule has 2 saturated carbocycles. The molecular weight excluding hydrogens is 224 g/mol. The van der Waals surface area contributed by atoms with Crippen LogP contribution in [0.25, 0.3) is 0 Å². The standard InChI is InChI=1S/C16H26O2/c1-10-5-6-12-7-8-13(11(2)15(17)18)9-14(12)16(10,3)4/h10,12,14H,5-9H2,1-4H3,(H,17,18)/t10?,12?,14-/m1/s1. The number of hydrogen-bond donors (Lipinski definition) is 1. The minimum absolute atomic E-state index is 0.355. The van der Waals surface area contributed by atoms with E-state index in [9.17, 15) is 4.79 Å². The van der Waals surface area contributed by atoms with E-state index in [0.29, 0.717) is 16.9 Å². The van der Waals surface area contributed by atoms with Gasteiger partial charge in [0.25, 0.3) is 0 Å². The van der Waals surface area contributed by atoms with Gasteiger partial charge in [0.05, 0.1) is 0 Å². The van der Waals surface area contributed by atoms with Crippen molar-refractivity contribution in [3.05, 3.63) is 11.1 Å². The van der Waals surface area contributed by atoms with Crippen molar-refractivity contribution in [3.8, 4) is 0 Å². The minimum Gasteiger partial charge on any atom is -0.478 e. The third kappa shape index (κ3) is 2.22. The highest BCUT2D eigenvalue weighted by Crippen LogP contribution is 2.54. The van der Waals surface area contributed by atoms with Gasteiger partial charge in [0, 0.05) is 5.57 Å². The molecule has 18 heavy (non-hydrogen) atoms. The van der Waals surface area contributed by atoms with E-state index in [4.69, 9.17) is 5.11 Å². The Labute approximate surface area is 110 Å². The van der Waals surface area contributed by atoms with Crippen molar-refractivity contribution in [1.29, 1.82) is 0 Å². The summed E-state index contributed by atoms with van der Waals surface area (Å²) in [5.74, 6) is 1.52. The van der Waals surface area contributed by atoms with E-state index >= 15 is 0 Å². The number of carbonyl (C=O) groups is 1. The number of aliphatic carboxylic acids is 1. The monoisotopic (exact) mass is 250 g/mol. The largest absolute Gasteiger partial charge is 0.478 e. The Kier molecular flexibility index (Phi) is 3.57. The number of carboxylic acid groups (broad SMARTS) is 1. The Morgan fingerprint density at radius 2 is 1.94 bits per heavy atom. The fourth-order valence-corrected chi connectivity index (χ4v) is 4.00. The quantitative estimate of drug-likeness (QED) is 0.706. The van der Waals surface area contributed by atoms with E-state index < -0.39 is 5.97 Å². The van der Waals surface area contributed by atoms with Crippen LogP contribution in [0.15, 0.2) is 11.1 Å². The molecule has 2 nitrogen and oxygen atoms in total. The average Bonchev–Trinajstić information content (AvgIpc) is 2.33. The molecule has 0 saturated heterocycles. The van der Waals surface area contributed by atoms with E-state index in [1.165, 1.54) is 24.8 Å². The molecule has 2 heteroatoms. The zero-order valence-corrected chi connectivity index (χ0v) is 12.1. The minimum atomic E-state index is -0.731. The number of carboxylic acids is 1. The van der Waals surface area contributed by atoms with Gasteiger partial charge >= 0.3 is 5.97 Å². The number of rotatable bonds is 1. The van der Waals surface area contributed by atoms with Crippen molar-refractivity contribution < 1.29 is 9.90 Å². The lowest BCUT2D eigenvalue weighted by atomic mass is 9.54. The second kappa shape index (κ2) is 4.71. The molecule has 2 aliphatic carbocycles. The Morgan fingerprint density at radius 1 is 1.28 bits per heavy atom. The molecule has 0 radical (unpaired) electrons. The maximum Gasteiger partial charge on any atom is 0.331 e. The maximum absolute atomic E-state index is 11.1. The van der Waals surface area contributed by atoms with Crippen molar-refractivity contribution in [3.63, 3.8) is 0 Å². The summed E-state index contributed by atoms with van der Waals surface area (Å²) in [6.07, 6.45) is 5.89. The number of hydrogen-bond acceptors (Lipinski definition) is 1. The SMILES string of the molecule is CC(C(=O)O)=C1CCC2CCC(C)C(C)(C)[C@@H]2C1. The number of allylic oxidation sites excluding steroid dienone is 1. The zero-order valence-electron chi connectivity index (χ0n) is 12.1. The molecule has 3 atom stereocenters. The van der Waals surface area contributed by atoms with Crippen LogP contribution in [0.2, 0.25) is 0 Å². The first-order chi connectivity index (χ1) is 8.34. The van der Waals surface area contributed by atoms with Crippen LogP contribution in [0.5, 0.6) is 0 Å². The summed E-state index contributed by atoms with van der Waals surface area (Å²) >= 11 is 0. The maximum atomic E-state index is 11.1. The van der Waals surface area contributed by atoms with Crippen LogP contribution in [-0.4, -0.2) is 11.1 Å². The molecular formula is C16H26O2. The third-order valence-corrected chi connectivity index (χ3v) is 5.90. The first-order valence-corrected chi connectivity index (χ1v) is 7.26. The van der Waals surface area contributed by atoms with Crippen LogP contribution in [0.3, 0.4) is 0 Å². The van der Waals surface area contributed by atoms with Gasteiger partial charge in [-0.05, 0) is 62.2 Å². The molecule has 0 amide bonds. The smallest absolute Gasteiger partial charge is 0.331 e. The van der Waals surface area contributed by atoms with Crippen LogP contribution >= 0.6 is 0 Å². The van der Waals surface area contributed by atoms with Crippen LogP contribution in [0.1, 0.15) is 59.8 Å². The summed E-state index contributed by atoms with van der Waals surface area (Å²) in [6.45, 7) is 8.90. The molecule has 0 aromatic heterocycles. The molecule has 0 aromatic carbocycles. The van der Waals surface area contributed by atoms with Crippen molar-refractivity contribution >= 4 is 5.97 Å². The molecule has 2 fully saturated rings. The summed E-state index contributed by atoms with van der Waals surface area (Å²) < 4.78 is 0. The van der Waals surface area contributed by atoms with Crippen molar-refractivity contribution in [2.45, 2.75) is 59.8 Å². The summed E-state index contributed by atoms with van der Waals surface area (Å²) in [5.41, 5.74) is 2.15. The molecule has 0 heterocycles. The van der Waals surface area contributed by atoms with Gasteiger partial charge in [-0.3, -0.25) is 0 Å². The van der Waals surface area contributed by atoms with E-state index in [0.717, 1.165) is 24.7 Å². The second-order valence-corrected chi connectivity index (χ2v) is 6.94. The molecule has 0 aliphatic heterocycles. The molecule has 0 spiro atoms. The predicted molar refractivity (Wildman–Crippen MR) is 73.3 cm³/mol. The zero-order chi connectivity index (χ0) is 13.5. The summed E-state index contributed by atoms with van der Waals surface area (Å²) in [7, 11) is 0. The normalized spacial score (nSPS) is 37.9. The van der Waals surface area contributed by atoms with Gasteiger partial charge in [-0.15, -0.1) is 0 Å². The molecule has 0 bridgehead atoms. The van der Waals surface area contributed by atoms with Crippen molar-refractivity contribution in [1.82, 2.24) is 0 Å².